The minimum Gasteiger partial charge on any atom is -0.383 e. The van der Waals surface area contributed by atoms with Gasteiger partial charge >= 0.3 is 0 Å². The van der Waals surface area contributed by atoms with Gasteiger partial charge in [-0.15, -0.1) is 11.3 Å². The maximum Gasteiger partial charge on any atom is 0.0587 e. The predicted molar refractivity (Wildman–Crippen MR) is 94.4 cm³/mol. The number of methoxy groups -OCH3 is 1. The zero-order chi connectivity index (χ0) is 15.1. The number of hydrogen-bond acceptors (Lipinski definition) is 3. The summed E-state index contributed by atoms with van der Waals surface area (Å²) in [6.45, 7) is 4.78. The van der Waals surface area contributed by atoms with Crippen molar-refractivity contribution >= 4 is 27.3 Å². The van der Waals surface area contributed by atoms with Crippen LogP contribution in [0.2, 0.25) is 0 Å². The minimum absolute atomic E-state index is 0.493. The molecular weight excluding hydrogens is 346 g/mol. The third kappa shape index (κ3) is 5.55. The van der Waals surface area contributed by atoms with Gasteiger partial charge in [0.25, 0.3) is 0 Å². The number of hydrogen-bond donors (Lipinski definition) is 1. The zero-order valence-corrected chi connectivity index (χ0v) is 15.0. The molecule has 2 rings (SSSR count). The third-order valence-electron chi connectivity index (χ3n) is 3.46. The summed E-state index contributed by atoms with van der Waals surface area (Å²) in [5, 5.41) is 5.65. The summed E-state index contributed by atoms with van der Waals surface area (Å²) in [5.41, 5.74) is 2.73. The molecule has 1 heterocycles. The van der Waals surface area contributed by atoms with Gasteiger partial charge in [-0.1, -0.05) is 29.8 Å². The molecule has 1 aromatic carbocycles. The van der Waals surface area contributed by atoms with E-state index < -0.39 is 0 Å². The SMILES string of the molecule is COCCNCC(Cc1cc(Br)cs1)c1cccc(C)c1. The molecule has 0 spiro atoms. The average Bonchev–Trinajstić information content (AvgIpc) is 2.87. The summed E-state index contributed by atoms with van der Waals surface area (Å²) in [5.74, 6) is 0.493. The predicted octanol–water partition coefficient (Wildman–Crippen LogP) is 4.38. The Kier molecular flexibility index (Phi) is 6.90. The fourth-order valence-corrected chi connectivity index (χ4v) is 3.92. The van der Waals surface area contributed by atoms with Crippen LogP contribution in [0.4, 0.5) is 0 Å². The molecule has 0 radical (unpaired) electrons. The lowest BCUT2D eigenvalue weighted by Gasteiger charge is -2.18. The summed E-state index contributed by atoms with van der Waals surface area (Å²) in [6.07, 6.45) is 1.07. The Morgan fingerprint density at radius 1 is 1.33 bits per heavy atom. The standard InChI is InChI=1S/C17H22BrNOS/c1-13-4-3-5-14(8-13)15(11-19-6-7-20-2)9-17-10-16(18)12-21-17/h3-5,8,10,12,15,19H,6-7,9,11H2,1-2H3. The van der Waals surface area contributed by atoms with Gasteiger partial charge in [0, 0.05) is 40.8 Å². The first-order chi connectivity index (χ1) is 10.2. The molecule has 0 bridgehead atoms. The van der Waals surface area contributed by atoms with Crippen LogP contribution in [-0.4, -0.2) is 26.8 Å². The van der Waals surface area contributed by atoms with E-state index in [1.807, 2.05) is 11.3 Å². The topological polar surface area (TPSA) is 21.3 Å². The maximum absolute atomic E-state index is 5.10. The molecule has 1 atom stereocenters. The molecule has 21 heavy (non-hydrogen) atoms. The number of nitrogens with one attached hydrogen (secondary N) is 1. The first-order valence-corrected chi connectivity index (χ1v) is 8.85. The van der Waals surface area contributed by atoms with Crippen LogP contribution < -0.4 is 5.32 Å². The number of benzene rings is 1. The first kappa shape index (κ1) is 16.7. The van der Waals surface area contributed by atoms with E-state index in [0.717, 1.165) is 26.1 Å². The highest BCUT2D eigenvalue weighted by Gasteiger charge is 2.13. The summed E-state index contributed by atoms with van der Waals surface area (Å²) >= 11 is 5.36. The Morgan fingerprint density at radius 2 is 2.19 bits per heavy atom. The summed E-state index contributed by atoms with van der Waals surface area (Å²) in [7, 11) is 1.74. The largest absolute Gasteiger partial charge is 0.383 e. The molecule has 2 aromatic rings. The lowest BCUT2D eigenvalue weighted by atomic mass is 9.93. The summed E-state index contributed by atoms with van der Waals surface area (Å²) in [6, 6.07) is 11.1. The van der Waals surface area contributed by atoms with Crippen molar-refractivity contribution in [3.63, 3.8) is 0 Å². The highest BCUT2D eigenvalue weighted by molar-refractivity contribution is 9.10. The van der Waals surface area contributed by atoms with Crippen LogP contribution in [0.1, 0.15) is 21.9 Å². The molecule has 0 saturated carbocycles. The van der Waals surface area contributed by atoms with E-state index in [-0.39, 0.29) is 0 Å². The van der Waals surface area contributed by atoms with E-state index in [9.17, 15) is 0 Å². The number of ether oxygens (including phenoxy) is 1. The van der Waals surface area contributed by atoms with Crippen molar-refractivity contribution < 1.29 is 4.74 Å². The Labute approximate surface area is 139 Å². The molecule has 2 nitrogen and oxygen atoms in total. The van der Waals surface area contributed by atoms with Crippen molar-refractivity contribution in [2.24, 2.45) is 0 Å². The van der Waals surface area contributed by atoms with E-state index in [2.05, 4.69) is 63.9 Å². The van der Waals surface area contributed by atoms with Gasteiger partial charge in [-0.25, -0.2) is 0 Å². The molecule has 114 valence electrons. The van der Waals surface area contributed by atoms with Crippen LogP contribution in [0.3, 0.4) is 0 Å². The number of rotatable bonds is 8. The van der Waals surface area contributed by atoms with Crippen molar-refractivity contribution in [1.82, 2.24) is 5.32 Å². The molecule has 4 heteroatoms. The molecule has 1 N–H and O–H groups in total. The molecule has 0 saturated heterocycles. The molecular formula is C17H22BrNOS. The van der Waals surface area contributed by atoms with E-state index in [4.69, 9.17) is 4.74 Å². The average molecular weight is 368 g/mol. The van der Waals surface area contributed by atoms with Gasteiger partial charge in [-0.05, 0) is 40.9 Å². The second-order valence-electron chi connectivity index (χ2n) is 5.24. The normalized spacial score (nSPS) is 12.5. The highest BCUT2D eigenvalue weighted by Crippen LogP contribution is 2.27. The van der Waals surface area contributed by atoms with Gasteiger partial charge in [0.15, 0.2) is 0 Å². The van der Waals surface area contributed by atoms with Crippen molar-refractivity contribution in [1.29, 1.82) is 0 Å². The Hall–Kier alpha value is -0.680. The Bertz CT molecular complexity index is 555. The Balaban J connectivity index is 2.06. The number of halogens is 1. The van der Waals surface area contributed by atoms with Gasteiger partial charge < -0.3 is 10.1 Å². The fourth-order valence-electron chi connectivity index (χ4n) is 2.39. The van der Waals surface area contributed by atoms with Crippen molar-refractivity contribution in [2.75, 3.05) is 26.8 Å². The second kappa shape index (κ2) is 8.69. The highest BCUT2D eigenvalue weighted by atomic mass is 79.9. The third-order valence-corrected chi connectivity index (χ3v) is 5.18. The van der Waals surface area contributed by atoms with Gasteiger partial charge in [-0.3, -0.25) is 0 Å². The smallest absolute Gasteiger partial charge is 0.0587 e. The van der Waals surface area contributed by atoms with Gasteiger partial charge in [-0.2, -0.15) is 0 Å². The van der Waals surface area contributed by atoms with Crippen LogP contribution in [0, 0.1) is 6.92 Å². The lowest BCUT2D eigenvalue weighted by Crippen LogP contribution is -2.26. The number of thiophene rings is 1. The van der Waals surface area contributed by atoms with Crippen molar-refractivity contribution in [3.05, 3.63) is 56.2 Å². The number of aryl methyl sites for hydroxylation is 1. The summed E-state index contributed by atoms with van der Waals surface area (Å²) in [4.78, 5) is 1.42. The first-order valence-electron chi connectivity index (χ1n) is 7.18. The van der Waals surface area contributed by atoms with Crippen LogP contribution in [0.25, 0.3) is 0 Å². The van der Waals surface area contributed by atoms with Crippen LogP contribution in [-0.2, 0) is 11.2 Å². The molecule has 0 amide bonds. The molecule has 0 aliphatic carbocycles. The second-order valence-corrected chi connectivity index (χ2v) is 7.15. The maximum atomic E-state index is 5.10. The van der Waals surface area contributed by atoms with E-state index >= 15 is 0 Å². The molecule has 0 aliphatic rings. The molecule has 0 fully saturated rings. The van der Waals surface area contributed by atoms with E-state index in [0.29, 0.717) is 5.92 Å². The van der Waals surface area contributed by atoms with Gasteiger partial charge in [0.1, 0.15) is 0 Å². The van der Waals surface area contributed by atoms with Gasteiger partial charge in [0.05, 0.1) is 6.61 Å². The van der Waals surface area contributed by atoms with E-state index in [1.54, 1.807) is 7.11 Å². The van der Waals surface area contributed by atoms with Crippen molar-refractivity contribution in [2.45, 2.75) is 19.3 Å². The molecule has 1 unspecified atom stereocenters. The summed E-state index contributed by atoms with van der Waals surface area (Å²) < 4.78 is 6.28. The lowest BCUT2D eigenvalue weighted by molar-refractivity contribution is 0.199. The van der Waals surface area contributed by atoms with Crippen LogP contribution in [0.5, 0.6) is 0 Å². The van der Waals surface area contributed by atoms with Crippen LogP contribution in [0.15, 0.2) is 40.2 Å². The van der Waals surface area contributed by atoms with E-state index in [1.165, 1.54) is 20.5 Å². The van der Waals surface area contributed by atoms with Gasteiger partial charge in [0.2, 0.25) is 0 Å². The zero-order valence-electron chi connectivity index (χ0n) is 12.6. The molecule has 0 aliphatic heterocycles. The van der Waals surface area contributed by atoms with Crippen molar-refractivity contribution in [3.8, 4) is 0 Å². The monoisotopic (exact) mass is 367 g/mol. The quantitative estimate of drug-likeness (QED) is 0.698. The minimum atomic E-state index is 0.493. The fraction of sp³-hybridized carbons (Fsp3) is 0.412. The van der Waals surface area contributed by atoms with Crippen LogP contribution >= 0.6 is 27.3 Å². The Morgan fingerprint density at radius 3 is 2.86 bits per heavy atom. The molecule has 1 aromatic heterocycles.